The van der Waals surface area contributed by atoms with Crippen molar-refractivity contribution in [3.8, 4) is 17.3 Å². The molecule has 6 nitrogen and oxygen atoms in total. The van der Waals surface area contributed by atoms with Gasteiger partial charge in [0.15, 0.2) is 5.82 Å². The van der Waals surface area contributed by atoms with Gasteiger partial charge in [0, 0.05) is 41.6 Å². The summed E-state index contributed by atoms with van der Waals surface area (Å²) in [5, 5.41) is 4.37. The zero-order chi connectivity index (χ0) is 17.8. The van der Waals surface area contributed by atoms with Crippen molar-refractivity contribution in [3.63, 3.8) is 0 Å². The molecule has 4 aromatic rings. The van der Waals surface area contributed by atoms with Crippen molar-refractivity contribution in [1.29, 1.82) is 0 Å². The highest BCUT2D eigenvalue weighted by Crippen LogP contribution is 2.25. The number of nitrogens with one attached hydrogen (secondary N) is 1. The van der Waals surface area contributed by atoms with E-state index < -0.39 is 0 Å². The lowest BCUT2D eigenvalue weighted by Crippen LogP contribution is -2.06. The van der Waals surface area contributed by atoms with Crippen molar-refractivity contribution in [3.05, 3.63) is 72.7 Å². The molecule has 4 rings (SSSR count). The lowest BCUT2D eigenvalue weighted by Gasteiger charge is -2.12. The number of hydrogen-bond acceptors (Lipinski definition) is 6. The third-order valence-electron chi connectivity index (χ3n) is 4.03. The Hall–Kier alpha value is -3.54. The van der Waals surface area contributed by atoms with Gasteiger partial charge < -0.3 is 10.1 Å². The molecule has 0 unspecified atom stereocenters. The molecular formula is C20H17N5O. The maximum Gasteiger partial charge on any atom is 0.218 e. The number of anilines is 1. The van der Waals surface area contributed by atoms with Gasteiger partial charge in [0.05, 0.1) is 12.6 Å². The number of fused-ring (bicyclic) bond motifs is 1. The van der Waals surface area contributed by atoms with Crippen LogP contribution in [-0.4, -0.2) is 27.0 Å². The zero-order valence-electron chi connectivity index (χ0n) is 14.3. The second kappa shape index (κ2) is 7.14. The van der Waals surface area contributed by atoms with E-state index in [1.807, 2.05) is 48.5 Å². The van der Waals surface area contributed by atoms with E-state index in [0.717, 1.165) is 27.8 Å². The number of hydrogen-bond donors (Lipinski definition) is 1. The molecule has 0 amide bonds. The van der Waals surface area contributed by atoms with Crippen molar-refractivity contribution in [2.75, 3.05) is 12.4 Å². The number of rotatable bonds is 5. The normalized spacial score (nSPS) is 10.7. The lowest BCUT2D eigenvalue weighted by molar-refractivity contribution is 0.393. The van der Waals surface area contributed by atoms with E-state index in [9.17, 15) is 0 Å². The van der Waals surface area contributed by atoms with Gasteiger partial charge in [-0.1, -0.05) is 18.2 Å². The van der Waals surface area contributed by atoms with Crippen LogP contribution in [0.25, 0.3) is 22.3 Å². The predicted octanol–water partition coefficient (Wildman–Crippen LogP) is 3.71. The molecule has 1 N–H and O–H groups in total. The Morgan fingerprint density at radius 2 is 1.77 bits per heavy atom. The fraction of sp³-hybridized carbons (Fsp3) is 0.100. The molecule has 0 fully saturated rings. The standard InChI is InChI=1S/C20H17N5O/c1-26-20-15(5-4-10-22-20)13-23-19-16-6-2-3-7-17(16)24-18(25-19)14-8-11-21-12-9-14/h2-12H,13H2,1H3,(H,23,24,25). The van der Waals surface area contributed by atoms with Crippen molar-refractivity contribution in [1.82, 2.24) is 19.9 Å². The molecule has 0 radical (unpaired) electrons. The van der Waals surface area contributed by atoms with E-state index in [0.29, 0.717) is 18.2 Å². The van der Waals surface area contributed by atoms with Gasteiger partial charge in [0.1, 0.15) is 5.82 Å². The summed E-state index contributed by atoms with van der Waals surface area (Å²) >= 11 is 0. The number of aromatic nitrogens is 4. The quantitative estimate of drug-likeness (QED) is 0.595. The average molecular weight is 343 g/mol. The first-order chi connectivity index (χ1) is 12.8. The van der Waals surface area contributed by atoms with Crippen LogP contribution in [0.1, 0.15) is 5.56 Å². The summed E-state index contributed by atoms with van der Waals surface area (Å²) in [6.07, 6.45) is 5.19. The highest BCUT2D eigenvalue weighted by molar-refractivity contribution is 5.90. The Kier molecular flexibility index (Phi) is 4.38. The Morgan fingerprint density at radius 3 is 2.62 bits per heavy atom. The number of benzene rings is 1. The first kappa shape index (κ1) is 16.0. The maximum atomic E-state index is 5.32. The molecule has 0 spiro atoms. The van der Waals surface area contributed by atoms with Crippen LogP contribution in [-0.2, 0) is 6.54 Å². The number of pyridine rings is 2. The molecule has 3 aromatic heterocycles. The molecule has 128 valence electrons. The van der Waals surface area contributed by atoms with E-state index >= 15 is 0 Å². The molecule has 0 aliphatic heterocycles. The van der Waals surface area contributed by atoms with Gasteiger partial charge in [0.2, 0.25) is 5.88 Å². The molecule has 6 heteroatoms. The van der Waals surface area contributed by atoms with Crippen LogP contribution in [0.3, 0.4) is 0 Å². The van der Waals surface area contributed by atoms with Crippen LogP contribution < -0.4 is 10.1 Å². The monoisotopic (exact) mass is 343 g/mol. The highest BCUT2D eigenvalue weighted by atomic mass is 16.5. The summed E-state index contributed by atoms with van der Waals surface area (Å²) < 4.78 is 5.32. The summed E-state index contributed by atoms with van der Waals surface area (Å²) in [5.74, 6) is 2.03. The van der Waals surface area contributed by atoms with E-state index in [-0.39, 0.29) is 0 Å². The SMILES string of the molecule is COc1ncccc1CNc1nc(-c2ccncc2)nc2ccccc12. The molecule has 26 heavy (non-hydrogen) atoms. The summed E-state index contributed by atoms with van der Waals surface area (Å²) in [4.78, 5) is 17.7. The van der Waals surface area contributed by atoms with E-state index in [1.165, 1.54) is 0 Å². The molecular weight excluding hydrogens is 326 g/mol. The molecule has 0 aliphatic carbocycles. The lowest BCUT2D eigenvalue weighted by atomic mass is 10.2. The van der Waals surface area contributed by atoms with Crippen LogP contribution in [0.15, 0.2) is 67.1 Å². The minimum absolute atomic E-state index is 0.549. The third-order valence-corrected chi connectivity index (χ3v) is 4.03. The second-order valence-corrected chi connectivity index (χ2v) is 5.67. The Morgan fingerprint density at radius 1 is 0.923 bits per heavy atom. The maximum absolute atomic E-state index is 5.32. The molecule has 0 aliphatic rings. The van der Waals surface area contributed by atoms with Crippen molar-refractivity contribution >= 4 is 16.7 Å². The first-order valence-electron chi connectivity index (χ1n) is 8.24. The van der Waals surface area contributed by atoms with Gasteiger partial charge in [-0.2, -0.15) is 0 Å². The van der Waals surface area contributed by atoms with Crippen LogP contribution >= 0.6 is 0 Å². The van der Waals surface area contributed by atoms with Gasteiger partial charge in [-0.05, 0) is 30.3 Å². The second-order valence-electron chi connectivity index (χ2n) is 5.67. The molecule has 3 heterocycles. The van der Waals surface area contributed by atoms with Crippen molar-refractivity contribution in [2.45, 2.75) is 6.54 Å². The van der Waals surface area contributed by atoms with Crippen LogP contribution in [0.4, 0.5) is 5.82 Å². The number of nitrogens with zero attached hydrogens (tertiary/aromatic N) is 4. The van der Waals surface area contributed by atoms with E-state index in [4.69, 9.17) is 9.72 Å². The van der Waals surface area contributed by atoms with Gasteiger partial charge >= 0.3 is 0 Å². The fourth-order valence-electron chi connectivity index (χ4n) is 2.76. The first-order valence-corrected chi connectivity index (χ1v) is 8.24. The molecule has 0 atom stereocenters. The fourth-order valence-corrected chi connectivity index (χ4v) is 2.76. The smallest absolute Gasteiger partial charge is 0.218 e. The largest absolute Gasteiger partial charge is 0.481 e. The number of ether oxygens (including phenoxy) is 1. The summed E-state index contributed by atoms with van der Waals surface area (Å²) in [5.41, 5.74) is 2.77. The minimum atomic E-state index is 0.549. The molecule has 1 aromatic carbocycles. The van der Waals surface area contributed by atoms with Gasteiger partial charge in [0.25, 0.3) is 0 Å². The van der Waals surface area contributed by atoms with E-state index in [2.05, 4.69) is 20.3 Å². The highest BCUT2D eigenvalue weighted by Gasteiger charge is 2.10. The number of methoxy groups -OCH3 is 1. The summed E-state index contributed by atoms with van der Waals surface area (Å²) in [7, 11) is 1.62. The topological polar surface area (TPSA) is 72.8 Å². The van der Waals surface area contributed by atoms with Crippen LogP contribution in [0, 0.1) is 0 Å². The number of para-hydroxylation sites is 1. The summed E-state index contributed by atoms with van der Waals surface area (Å²) in [6, 6.07) is 15.6. The average Bonchev–Trinajstić information content (AvgIpc) is 2.72. The van der Waals surface area contributed by atoms with Crippen molar-refractivity contribution < 1.29 is 4.74 Å². The minimum Gasteiger partial charge on any atom is -0.481 e. The van der Waals surface area contributed by atoms with E-state index in [1.54, 1.807) is 25.7 Å². The van der Waals surface area contributed by atoms with Crippen LogP contribution in [0.5, 0.6) is 5.88 Å². The zero-order valence-corrected chi connectivity index (χ0v) is 14.3. The molecule has 0 saturated carbocycles. The Labute approximate surface area is 150 Å². The van der Waals surface area contributed by atoms with Gasteiger partial charge in [-0.15, -0.1) is 0 Å². The van der Waals surface area contributed by atoms with Gasteiger partial charge in [-0.25, -0.2) is 15.0 Å². The third kappa shape index (κ3) is 3.17. The van der Waals surface area contributed by atoms with Crippen molar-refractivity contribution in [2.24, 2.45) is 0 Å². The Bertz CT molecular complexity index is 1040. The Balaban J connectivity index is 1.73. The molecule has 0 bridgehead atoms. The predicted molar refractivity (Wildman–Crippen MR) is 101 cm³/mol. The summed E-state index contributed by atoms with van der Waals surface area (Å²) in [6.45, 7) is 0.549. The van der Waals surface area contributed by atoms with Crippen LogP contribution in [0.2, 0.25) is 0 Å². The molecule has 0 saturated heterocycles. The van der Waals surface area contributed by atoms with Gasteiger partial charge in [-0.3, -0.25) is 4.98 Å².